The minimum absolute atomic E-state index is 0.250. The molecule has 6 nitrogen and oxygen atoms in total. The third-order valence-electron chi connectivity index (χ3n) is 3.38. The van der Waals surface area contributed by atoms with Gasteiger partial charge in [0.1, 0.15) is 5.60 Å². The van der Waals surface area contributed by atoms with E-state index in [-0.39, 0.29) is 12.2 Å². The Morgan fingerprint density at radius 1 is 1.24 bits per heavy atom. The topological polar surface area (TPSA) is 59.1 Å². The Hall–Kier alpha value is -1.46. The summed E-state index contributed by atoms with van der Waals surface area (Å²) in [5, 5.41) is 0. The van der Waals surface area contributed by atoms with Crippen molar-refractivity contribution in [3.8, 4) is 0 Å². The molecular formula is C15H28N2O4. The summed E-state index contributed by atoms with van der Waals surface area (Å²) in [5.41, 5.74) is -0.460. The van der Waals surface area contributed by atoms with Gasteiger partial charge in [-0.3, -0.25) is 0 Å². The molecule has 1 aliphatic heterocycles. The van der Waals surface area contributed by atoms with E-state index in [2.05, 4.69) is 0 Å². The van der Waals surface area contributed by atoms with Crippen molar-refractivity contribution >= 4 is 12.2 Å². The average Bonchev–Trinajstić information content (AvgIpc) is 2.37. The first-order chi connectivity index (χ1) is 9.73. The van der Waals surface area contributed by atoms with Gasteiger partial charge in [-0.25, -0.2) is 9.59 Å². The van der Waals surface area contributed by atoms with E-state index >= 15 is 0 Å². The van der Waals surface area contributed by atoms with E-state index in [0.717, 1.165) is 12.8 Å². The van der Waals surface area contributed by atoms with Crippen LogP contribution >= 0.6 is 0 Å². The van der Waals surface area contributed by atoms with Gasteiger partial charge < -0.3 is 19.3 Å². The first-order valence-corrected chi connectivity index (χ1v) is 7.58. The smallest absolute Gasteiger partial charge is 0.410 e. The van der Waals surface area contributed by atoms with Crippen molar-refractivity contribution < 1.29 is 19.1 Å². The van der Waals surface area contributed by atoms with Crippen LogP contribution in [0.5, 0.6) is 0 Å². The maximum atomic E-state index is 12.0. The predicted octanol–water partition coefficient (Wildman–Crippen LogP) is 2.72. The number of likely N-dealkylation sites (tertiary alicyclic amines) is 1. The van der Waals surface area contributed by atoms with Crippen molar-refractivity contribution in [2.45, 2.75) is 46.1 Å². The number of nitrogens with zero attached hydrogens (tertiary/aromatic N) is 2. The summed E-state index contributed by atoms with van der Waals surface area (Å²) in [7, 11) is 1.75. The SMILES string of the molecule is CCOC(=O)N(C)CC1CCN(C(=O)OC(C)(C)C)CC1. The molecule has 2 amide bonds. The largest absolute Gasteiger partial charge is 0.450 e. The van der Waals surface area contributed by atoms with Gasteiger partial charge in [-0.05, 0) is 46.5 Å². The van der Waals surface area contributed by atoms with Crippen LogP contribution in [0.1, 0.15) is 40.5 Å². The lowest BCUT2D eigenvalue weighted by Gasteiger charge is -2.34. The zero-order valence-corrected chi connectivity index (χ0v) is 13.8. The Labute approximate surface area is 127 Å². The Morgan fingerprint density at radius 3 is 2.29 bits per heavy atom. The minimum atomic E-state index is -0.460. The molecule has 1 rings (SSSR count). The van der Waals surface area contributed by atoms with Crippen LogP contribution in [0.3, 0.4) is 0 Å². The quantitative estimate of drug-likeness (QED) is 0.804. The van der Waals surface area contributed by atoms with Gasteiger partial charge in [0.25, 0.3) is 0 Å². The van der Waals surface area contributed by atoms with Crippen LogP contribution in [0.4, 0.5) is 9.59 Å². The predicted molar refractivity (Wildman–Crippen MR) is 80.2 cm³/mol. The lowest BCUT2D eigenvalue weighted by Crippen LogP contribution is -2.44. The van der Waals surface area contributed by atoms with E-state index in [1.54, 1.807) is 23.8 Å². The van der Waals surface area contributed by atoms with E-state index in [9.17, 15) is 9.59 Å². The van der Waals surface area contributed by atoms with Gasteiger partial charge >= 0.3 is 12.2 Å². The number of ether oxygens (including phenoxy) is 2. The van der Waals surface area contributed by atoms with Crippen molar-refractivity contribution in [1.82, 2.24) is 9.80 Å². The van der Waals surface area contributed by atoms with E-state index in [4.69, 9.17) is 9.47 Å². The molecule has 0 N–H and O–H groups in total. The van der Waals surface area contributed by atoms with Crippen LogP contribution in [-0.4, -0.2) is 60.9 Å². The summed E-state index contributed by atoms with van der Waals surface area (Å²) in [6, 6.07) is 0. The Balaban J connectivity index is 2.35. The Kier molecular flexibility index (Phi) is 6.30. The lowest BCUT2D eigenvalue weighted by atomic mass is 9.97. The fourth-order valence-corrected chi connectivity index (χ4v) is 2.32. The summed E-state index contributed by atoms with van der Waals surface area (Å²) in [6.07, 6.45) is 1.22. The summed E-state index contributed by atoms with van der Waals surface area (Å²) in [6.45, 7) is 9.81. The van der Waals surface area contributed by atoms with Crippen molar-refractivity contribution in [1.29, 1.82) is 0 Å². The number of amides is 2. The van der Waals surface area contributed by atoms with Crippen LogP contribution in [0.2, 0.25) is 0 Å². The first kappa shape index (κ1) is 17.6. The molecule has 1 aliphatic rings. The van der Waals surface area contributed by atoms with E-state index in [1.165, 1.54) is 0 Å². The zero-order chi connectivity index (χ0) is 16.0. The molecule has 122 valence electrons. The summed E-state index contributed by atoms with van der Waals surface area (Å²) >= 11 is 0. The van der Waals surface area contributed by atoms with Crippen molar-refractivity contribution in [2.75, 3.05) is 33.3 Å². The zero-order valence-electron chi connectivity index (χ0n) is 13.8. The van der Waals surface area contributed by atoms with Gasteiger partial charge in [0.15, 0.2) is 0 Å². The average molecular weight is 300 g/mol. The molecule has 0 spiro atoms. The molecule has 1 fully saturated rings. The Bertz CT molecular complexity index is 357. The molecule has 0 aromatic heterocycles. The van der Waals surface area contributed by atoms with Gasteiger partial charge in [-0.2, -0.15) is 0 Å². The highest BCUT2D eigenvalue weighted by Gasteiger charge is 2.28. The molecule has 0 saturated carbocycles. The second-order valence-electron chi connectivity index (χ2n) is 6.49. The molecule has 1 saturated heterocycles. The van der Waals surface area contributed by atoms with Crippen molar-refractivity contribution in [2.24, 2.45) is 5.92 Å². The highest BCUT2D eigenvalue weighted by molar-refractivity contribution is 5.68. The van der Waals surface area contributed by atoms with Crippen molar-refractivity contribution in [3.05, 3.63) is 0 Å². The van der Waals surface area contributed by atoms with Crippen LogP contribution in [0, 0.1) is 5.92 Å². The molecule has 0 aromatic rings. The second-order valence-corrected chi connectivity index (χ2v) is 6.49. The summed E-state index contributed by atoms with van der Waals surface area (Å²) in [4.78, 5) is 26.9. The van der Waals surface area contributed by atoms with Crippen LogP contribution < -0.4 is 0 Å². The third-order valence-corrected chi connectivity index (χ3v) is 3.38. The van der Waals surface area contributed by atoms with Crippen molar-refractivity contribution in [3.63, 3.8) is 0 Å². The van der Waals surface area contributed by atoms with E-state index in [1.807, 2.05) is 20.8 Å². The first-order valence-electron chi connectivity index (χ1n) is 7.58. The third kappa shape index (κ3) is 6.23. The standard InChI is InChI=1S/C15H28N2O4/c1-6-20-13(18)16(5)11-12-7-9-17(10-8-12)14(19)21-15(2,3)4/h12H,6-11H2,1-5H3. The summed E-state index contributed by atoms with van der Waals surface area (Å²) in [5.74, 6) is 0.401. The molecule has 0 bridgehead atoms. The molecule has 0 aliphatic carbocycles. The molecule has 0 aromatic carbocycles. The molecule has 1 heterocycles. The van der Waals surface area contributed by atoms with Crippen LogP contribution in [-0.2, 0) is 9.47 Å². The maximum Gasteiger partial charge on any atom is 0.410 e. The number of hydrogen-bond acceptors (Lipinski definition) is 4. The van der Waals surface area contributed by atoms with Gasteiger partial charge in [-0.15, -0.1) is 0 Å². The normalized spacial score (nSPS) is 16.5. The van der Waals surface area contributed by atoms with Crippen LogP contribution in [0.25, 0.3) is 0 Å². The number of carbonyl (C=O) groups is 2. The highest BCUT2D eigenvalue weighted by Crippen LogP contribution is 2.20. The second kappa shape index (κ2) is 7.52. The summed E-state index contributed by atoms with van der Waals surface area (Å²) < 4.78 is 10.3. The van der Waals surface area contributed by atoms with Gasteiger partial charge in [-0.1, -0.05) is 0 Å². The highest BCUT2D eigenvalue weighted by atomic mass is 16.6. The molecule has 0 radical (unpaired) electrons. The fourth-order valence-electron chi connectivity index (χ4n) is 2.32. The van der Waals surface area contributed by atoms with E-state index in [0.29, 0.717) is 32.2 Å². The maximum absolute atomic E-state index is 12.0. The number of piperidine rings is 1. The lowest BCUT2D eigenvalue weighted by molar-refractivity contribution is 0.0170. The Morgan fingerprint density at radius 2 is 1.81 bits per heavy atom. The monoisotopic (exact) mass is 300 g/mol. The molecule has 0 atom stereocenters. The van der Waals surface area contributed by atoms with Crippen LogP contribution in [0.15, 0.2) is 0 Å². The van der Waals surface area contributed by atoms with Gasteiger partial charge in [0, 0.05) is 26.7 Å². The number of hydrogen-bond donors (Lipinski definition) is 0. The van der Waals surface area contributed by atoms with Gasteiger partial charge in [0.05, 0.1) is 6.61 Å². The number of rotatable bonds is 3. The molecule has 21 heavy (non-hydrogen) atoms. The van der Waals surface area contributed by atoms with Gasteiger partial charge in [0.2, 0.25) is 0 Å². The number of carbonyl (C=O) groups excluding carboxylic acids is 2. The fraction of sp³-hybridized carbons (Fsp3) is 0.867. The minimum Gasteiger partial charge on any atom is -0.450 e. The molecule has 6 heteroatoms. The van der Waals surface area contributed by atoms with E-state index < -0.39 is 5.60 Å². The molecule has 0 unspecified atom stereocenters. The molecular weight excluding hydrogens is 272 g/mol.